The van der Waals surface area contributed by atoms with Gasteiger partial charge >= 0.3 is 5.97 Å². The van der Waals surface area contributed by atoms with Crippen LogP contribution in [0.4, 0.5) is 0 Å². The number of esters is 1. The summed E-state index contributed by atoms with van der Waals surface area (Å²) in [6, 6.07) is 9.68. The summed E-state index contributed by atoms with van der Waals surface area (Å²) < 4.78 is 5.28. The molecule has 3 nitrogen and oxygen atoms in total. The molecule has 1 aromatic carbocycles. The predicted molar refractivity (Wildman–Crippen MR) is 64.2 cm³/mol. The molecule has 0 amide bonds. The van der Waals surface area contributed by atoms with Crippen LogP contribution in [-0.2, 0) is 16.1 Å². The summed E-state index contributed by atoms with van der Waals surface area (Å²) in [6.45, 7) is 0.346. The molecule has 1 N–H and O–H groups in total. The van der Waals surface area contributed by atoms with E-state index in [1.54, 1.807) is 0 Å². The number of aliphatic hydroxyl groups is 1. The van der Waals surface area contributed by atoms with Crippen LogP contribution in [0.15, 0.2) is 30.3 Å². The number of benzene rings is 1. The van der Waals surface area contributed by atoms with E-state index in [0.29, 0.717) is 19.4 Å². The number of hydrogen-bond donors (Lipinski definition) is 1. The molecule has 1 aliphatic rings. The van der Waals surface area contributed by atoms with Crippen molar-refractivity contribution < 1.29 is 14.6 Å². The van der Waals surface area contributed by atoms with Gasteiger partial charge in [0.1, 0.15) is 6.61 Å². The van der Waals surface area contributed by atoms with Gasteiger partial charge in [-0.25, -0.2) is 0 Å². The molecular weight excluding hydrogens is 216 g/mol. The second-order valence-electron chi connectivity index (χ2n) is 4.60. The fraction of sp³-hybridized carbons (Fsp3) is 0.500. The van der Waals surface area contributed by atoms with E-state index in [1.807, 2.05) is 30.3 Å². The highest BCUT2D eigenvalue weighted by atomic mass is 16.5. The molecule has 0 bridgehead atoms. The Labute approximate surface area is 101 Å². The van der Waals surface area contributed by atoms with E-state index in [-0.39, 0.29) is 18.0 Å². The molecule has 0 spiro atoms. The summed E-state index contributed by atoms with van der Waals surface area (Å²) in [5.41, 5.74) is 1.01. The van der Waals surface area contributed by atoms with E-state index in [1.165, 1.54) is 0 Å². The minimum atomic E-state index is -0.229. The van der Waals surface area contributed by atoms with Gasteiger partial charge in [-0.3, -0.25) is 4.79 Å². The van der Waals surface area contributed by atoms with Crippen LogP contribution < -0.4 is 0 Å². The van der Waals surface area contributed by atoms with E-state index in [2.05, 4.69) is 0 Å². The Morgan fingerprint density at radius 3 is 2.47 bits per heavy atom. The van der Waals surface area contributed by atoms with Crippen molar-refractivity contribution in [2.45, 2.75) is 38.4 Å². The SMILES string of the molecule is O=C(OCc1ccccc1)[C@H]1CC[C@@H](O)CC1. The Morgan fingerprint density at radius 2 is 1.82 bits per heavy atom. The van der Waals surface area contributed by atoms with Gasteiger partial charge in [-0.15, -0.1) is 0 Å². The van der Waals surface area contributed by atoms with Gasteiger partial charge in [0, 0.05) is 0 Å². The number of carbonyl (C=O) groups is 1. The van der Waals surface area contributed by atoms with Crippen LogP contribution in [0.25, 0.3) is 0 Å². The zero-order valence-electron chi connectivity index (χ0n) is 9.84. The van der Waals surface area contributed by atoms with Crippen molar-refractivity contribution in [1.29, 1.82) is 0 Å². The van der Waals surface area contributed by atoms with Gasteiger partial charge in [0.25, 0.3) is 0 Å². The molecule has 17 heavy (non-hydrogen) atoms. The van der Waals surface area contributed by atoms with Crippen molar-refractivity contribution in [2.24, 2.45) is 5.92 Å². The Morgan fingerprint density at radius 1 is 1.18 bits per heavy atom. The van der Waals surface area contributed by atoms with E-state index >= 15 is 0 Å². The van der Waals surface area contributed by atoms with Gasteiger partial charge in [-0.1, -0.05) is 30.3 Å². The number of aliphatic hydroxyl groups excluding tert-OH is 1. The summed E-state index contributed by atoms with van der Waals surface area (Å²) >= 11 is 0. The van der Waals surface area contributed by atoms with Crippen molar-refractivity contribution in [2.75, 3.05) is 0 Å². The highest BCUT2D eigenvalue weighted by Crippen LogP contribution is 2.25. The monoisotopic (exact) mass is 234 g/mol. The van der Waals surface area contributed by atoms with Crippen LogP contribution in [0, 0.1) is 5.92 Å². The second kappa shape index (κ2) is 5.82. The molecule has 1 fully saturated rings. The first-order chi connectivity index (χ1) is 8.25. The summed E-state index contributed by atoms with van der Waals surface area (Å²) in [4.78, 5) is 11.8. The first kappa shape index (κ1) is 12.1. The standard InChI is InChI=1S/C14H18O3/c15-13-8-6-12(7-9-13)14(16)17-10-11-4-2-1-3-5-11/h1-5,12-13,15H,6-10H2/t12-,13+. The Bertz CT molecular complexity index is 353. The van der Waals surface area contributed by atoms with Crippen LogP contribution in [-0.4, -0.2) is 17.2 Å². The summed E-state index contributed by atoms with van der Waals surface area (Å²) in [5, 5.41) is 9.36. The van der Waals surface area contributed by atoms with Crippen LogP contribution in [0.5, 0.6) is 0 Å². The lowest BCUT2D eigenvalue weighted by Gasteiger charge is -2.23. The zero-order valence-corrected chi connectivity index (χ0v) is 9.84. The minimum absolute atomic E-state index is 0.0258. The van der Waals surface area contributed by atoms with Gasteiger partial charge < -0.3 is 9.84 Å². The van der Waals surface area contributed by atoms with Crippen molar-refractivity contribution in [3.63, 3.8) is 0 Å². The number of hydrogen-bond acceptors (Lipinski definition) is 3. The summed E-state index contributed by atoms with van der Waals surface area (Å²) in [6.07, 6.45) is 2.69. The van der Waals surface area contributed by atoms with E-state index < -0.39 is 0 Å². The molecule has 0 aliphatic heterocycles. The maximum atomic E-state index is 11.8. The maximum absolute atomic E-state index is 11.8. The van der Waals surface area contributed by atoms with Crippen molar-refractivity contribution in [3.8, 4) is 0 Å². The third-order valence-corrected chi connectivity index (χ3v) is 3.25. The highest BCUT2D eigenvalue weighted by Gasteiger charge is 2.26. The molecule has 0 unspecified atom stereocenters. The first-order valence-electron chi connectivity index (χ1n) is 6.14. The van der Waals surface area contributed by atoms with Crippen molar-refractivity contribution in [1.82, 2.24) is 0 Å². The Hall–Kier alpha value is -1.35. The molecule has 92 valence electrons. The quantitative estimate of drug-likeness (QED) is 0.816. The van der Waals surface area contributed by atoms with Crippen LogP contribution in [0.3, 0.4) is 0 Å². The lowest BCUT2D eigenvalue weighted by molar-refractivity contribution is -0.151. The number of carbonyl (C=O) groups excluding carboxylic acids is 1. The molecule has 0 aromatic heterocycles. The summed E-state index contributed by atoms with van der Waals surface area (Å²) in [7, 11) is 0. The Kier molecular flexibility index (Phi) is 4.15. The van der Waals surface area contributed by atoms with Crippen LogP contribution in [0.1, 0.15) is 31.2 Å². The lowest BCUT2D eigenvalue weighted by Crippen LogP contribution is -2.25. The third kappa shape index (κ3) is 3.56. The topological polar surface area (TPSA) is 46.5 Å². The summed E-state index contributed by atoms with van der Waals surface area (Å²) in [5.74, 6) is -0.150. The lowest BCUT2D eigenvalue weighted by atomic mass is 9.87. The van der Waals surface area contributed by atoms with Gasteiger partial charge in [0.05, 0.1) is 12.0 Å². The molecule has 0 heterocycles. The fourth-order valence-electron chi connectivity index (χ4n) is 2.16. The number of rotatable bonds is 3. The second-order valence-corrected chi connectivity index (χ2v) is 4.60. The minimum Gasteiger partial charge on any atom is -0.461 e. The highest BCUT2D eigenvalue weighted by molar-refractivity contribution is 5.72. The molecule has 1 aromatic rings. The average molecular weight is 234 g/mol. The van der Waals surface area contributed by atoms with E-state index in [4.69, 9.17) is 4.74 Å². The molecule has 1 aliphatic carbocycles. The van der Waals surface area contributed by atoms with Gasteiger partial charge in [-0.05, 0) is 31.2 Å². The van der Waals surface area contributed by atoms with Gasteiger partial charge in [0.2, 0.25) is 0 Å². The van der Waals surface area contributed by atoms with Crippen LogP contribution >= 0.6 is 0 Å². The molecule has 3 heteroatoms. The van der Waals surface area contributed by atoms with Crippen LogP contribution in [0.2, 0.25) is 0 Å². The largest absolute Gasteiger partial charge is 0.461 e. The smallest absolute Gasteiger partial charge is 0.309 e. The maximum Gasteiger partial charge on any atom is 0.309 e. The fourth-order valence-corrected chi connectivity index (χ4v) is 2.16. The van der Waals surface area contributed by atoms with Crippen molar-refractivity contribution in [3.05, 3.63) is 35.9 Å². The molecule has 2 rings (SSSR count). The average Bonchev–Trinajstić information content (AvgIpc) is 2.38. The number of ether oxygens (including phenoxy) is 1. The molecule has 0 atom stereocenters. The molecule has 1 saturated carbocycles. The van der Waals surface area contributed by atoms with Gasteiger partial charge in [0.15, 0.2) is 0 Å². The molecule has 0 radical (unpaired) electrons. The predicted octanol–water partition coefficient (Wildman–Crippen LogP) is 2.28. The molecular formula is C14H18O3. The molecule has 0 saturated heterocycles. The van der Waals surface area contributed by atoms with Crippen molar-refractivity contribution >= 4 is 5.97 Å². The normalized spacial score (nSPS) is 24.3. The van der Waals surface area contributed by atoms with Gasteiger partial charge in [-0.2, -0.15) is 0 Å². The van der Waals surface area contributed by atoms with E-state index in [9.17, 15) is 9.90 Å². The third-order valence-electron chi connectivity index (χ3n) is 3.25. The van der Waals surface area contributed by atoms with E-state index in [0.717, 1.165) is 18.4 Å². The first-order valence-corrected chi connectivity index (χ1v) is 6.14. The Balaban J connectivity index is 1.78. The zero-order chi connectivity index (χ0) is 12.1.